The van der Waals surface area contributed by atoms with E-state index in [9.17, 15) is 4.79 Å². The lowest BCUT2D eigenvalue weighted by molar-refractivity contribution is 0.0251. The van der Waals surface area contributed by atoms with Crippen LogP contribution >= 0.6 is 0 Å². The van der Waals surface area contributed by atoms with Gasteiger partial charge in [0.15, 0.2) is 0 Å². The maximum Gasteiger partial charge on any atom is 0.254 e. The van der Waals surface area contributed by atoms with Crippen molar-refractivity contribution in [3.63, 3.8) is 0 Å². The van der Waals surface area contributed by atoms with Crippen LogP contribution in [0.4, 0.5) is 0 Å². The fourth-order valence-corrected chi connectivity index (χ4v) is 5.65. The number of carbonyl (C=O) groups is 1. The molecule has 2 aliphatic rings. The molecule has 3 heterocycles. The molecule has 32 heavy (non-hydrogen) atoms. The average molecular weight is 428 g/mol. The van der Waals surface area contributed by atoms with E-state index in [2.05, 4.69) is 57.1 Å². The third-order valence-corrected chi connectivity index (χ3v) is 7.71. The largest absolute Gasteiger partial charge is 0.421 e. The number of nitrogens with one attached hydrogen (secondary N) is 1. The van der Waals surface area contributed by atoms with E-state index in [1.165, 1.54) is 11.1 Å². The Kier molecular flexibility index (Phi) is 4.06. The first-order valence-electron chi connectivity index (χ1n) is 11.1. The Labute approximate surface area is 185 Å². The quantitative estimate of drug-likeness (QED) is 0.516. The number of nitrogens with zero attached hydrogens (tertiary/aromatic N) is 4. The molecule has 7 nitrogen and oxygen atoms in total. The summed E-state index contributed by atoms with van der Waals surface area (Å²) in [6.07, 6.45) is 3.44. The zero-order valence-corrected chi connectivity index (χ0v) is 18.4. The van der Waals surface area contributed by atoms with Gasteiger partial charge in [0.1, 0.15) is 0 Å². The van der Waals surface area contributed by atoms with E-state index in [0.717, 1.165) is 36.0 Å². The second-order valence-electron chi connectivity index (χ2n) is 9.36. The fraction of sp³-hybridized carbons (Fsp3) is 0.360. The van der Waals surface area contributed by atoms with Crippen LogP contribution in [0, 0.1) is 12.8 Å². The molecule has 0 saturated carbocycles. The molecular formula is C25H25N5O2. The Hall–Kier alpha value is -3.48. The number of imidazole rings is 1. The van der Waals surface area contributed by atoms with E-state index >= 15 is 0 Å². The molecule has 7 heteroatoms. The number of hydrogen-bond acceptors (Lipinski definition) is 5. The van der Waals surface area contributed by atoms with Gasteiger partial charge >= 0.3 is 0 Å². The number of aromatic nitrogens is 4. The highest BCUT2D eigenvalue weighted by molar-refractivity contribution is 5.97. The molecule has 2 aromatic carbocycles. The van der Waals surface area contributed by atoms with Crippen molar-refractivity contribution in [2.24, 2.45) is 5.92 Å². The molecule has 4 aromatic rings. The summed E-state index contributed by atoms with van der Waals surface area (Å²) in [5.74, 6) is 1.56. The maximum absolute atomic E-state index is 13.5. The van der Waals surface area contributed by atoms with E-state index in [1.807, 2.05) is 18.2 Å². The highest BCUT2D eigenvalue weighted by atomic mass is 16.4. The first kappa shape index (κ1) is 19.2. The Morgan fingerprint density at radius 1 is 1.22 bits per heavy atom. The summed E-state index contributed by atoms with van der Waals surface area (Å²) in [6.45, 7) is 7.17. The van der Waals surface area contributed by atoms with Crippen LogP contribution in [-0.4, -0.2) is 43.6 Å². The predicted molar refractivity (Wildman–Crippen MR) is 120 cm³/mol. The third kappa shape index (κ3) is 2.73. The van der Waals surface area contributed by atoms with Crippen LogP contribution in [0.25, 0.3) is 22.5 Å². The van der Waals surface area contributed by atoms with Gasteiger partial charge in [-0.2, -0.15) is 0 Å². The van der Waals surface area contributed by atoms with Gasteiger partial charge < -0.3 is 14.3 Å². The standard InChI is InChI=1S/C25H25N5O2/c1-14-22-12-16-4-5-17(23-29-28-15(2)32-23)10-19(16)25(14,3)8-9-30(22)24(31)18-6-7-20-21(11-18)27-13-26-20/h4-7,10-11,13-14,22H,8-9,12H2,1-3H3,(H,26,27)/t14-,22-,25-/m1/s1. The predicted octanol–water partition coefficient (Wildman–Crippen LogP) is 4.29. The van der Waals surface area contributed by atoms with Crippen LogP contribution in [0.3, 0.4) is 0 Å². The number of H-pyrrole nitrogens is 1. The first-order chi connectivity index (χ1) is 15.4. The number of fused-ring (bicyclic) bond motifs is 5. The van der Waals surface area contributed by atoms with Crippen molar-refractivity contribution in [3.05, 3.63) is 65.3 Å². The van der Waals surface area contributed by atoms with Crippen LogP contribution < -0.4 is 0 Å². The monoisotopic (exact) mass is 427 g/mol. The van der Waals surface area contributed by atoms with Crippen molar-refractivity contribution >= 4 is 16.9 Å². The topological polar surface area (TPSA) is 87.9 Å². The van der Waals surface area contributed by atoms with Crippen molar-refractivity contribution < 1.29 is 9.21 Å². The second kappa shape index (κ2) is 6.76. The molecule has 1 aliphatic heterocycles. The molecule has 1 aliphatic carbocycles. The number of aromatic amines is 1. The summed E-state index contributed by atoms with van der Waals surface area (Å²) < 4.78 is 5.66. The first-order valence-corrected chi connectivity index (χ1v) is 11.1. The van der Waals surface area contributed by atoms with Gasteiger partial charge in [-0.15, -0.1) is 10.2 Å². The summed E-state index contributed by atoms with van der Waals surface area (Å²) in [6, 6.07) is 12.3. The molecule has 0 unspecified atom stereocenters. The average Bonchev–Trinajstić information content (AvgIpc) is 3.44. The molecule has 0 spiro atoms. The molecule has 2 bridgehead atoms. The number of likely N-dealkylation sites (tertiary alicyclic amines) is 1. The van der Waals surface area contributed by atoms with Gasteiger partial charge in [0, 0.05) is 30.6 Å². The highest BCUT2D eigenvalue weighted by Crippen LogP contribution is 2.49. The van der Waals surface area contributed by atoms with Gasteiger partial charge in [0.25, 0.3) is 5.91 Å². The number of piperidine rings is 1. The van der Waals surface area contributed by atoms with Crippen molar-refractivity contribution in [2.45, 2.75) is 45.1 Å². The number of rotatable bonds is 2. The molecular weight excluding hydrogens is 402 g/mol. The Bertz CT molecular complexity index is 1360. The Morgan fingerprint density at radius 3 is 2.91 bits per heavy atom. The summed E-state index contributed by atoms with van der Waals surface area (Å²) in [4.78, 5) is 23.0. The number of aryl methyl sites for hydroxylation is 1. The van der Waals surface area contributed by atoms with E-state index in [4.69, 9.17) is 4.42 Å². The molecule has 6 rings (SSSR count). The lowest BCUT2D eigenvalue weighted by Gasteiger charge is -2.54. The van der Waals surface area contributed by atoms with Crippen molar-refractivity contribution in [3.8, 4) is 11.5 Å². The molecule has 1 amide bonds. The fourth-order valence-electron chi connectivity index (χ4n) is 5.65. The molecule has 2 aromatic heterocycles. The number of hydrogen-bond donors (Lipinski definition) is 1. The van der Waals surface area contributed by atoms with Crippen molar-refractivity contribution in [1.82, 2.24) is 25.1 Å². The second-order valence-corrected chi connectivity index (χ2v) is 9.36. The molecule has 1 N–H and O–H groups in total. The van der Waals surface area contributed by atoms with Crippen LogP contribution in [0.1, 0.15) is 47.6 Å². The number of amides is 1. The van der Waals surface area contributed by atoms with Gasteiger partial charge in [-0.1, -0.05) is 19.9 Å². The van der Waals surface area contributed by atoms with Crippen molar-refractivity contribution in [1.29, 1.82) is 0 Å². The number of carbonyl (C=O) groups excluding carboxylic acids is 1. The minimum Gasteiger partial charge on any atom is -0.421 e. The summed E-state index contributed by atoms with van der Waals surface area (Å²) in [5.41, 5.74) is 6.09. The molecule has 1 saturated heterocycles. The van der Waals surface area contributed by atoms with Gasteiger partial charge in [-0.25, -0.2) is 4.98 Å². The van der Waals surface area contributed by atoms with E-state index in [-0.39, 0.29) is 17.4 Å². The maximum atomic E-state index is 13.5. The SMILES string of the molecule is Cc1nnc(-c2ccc3c(c2)[C@]2(C)CCN(C(=O)c4ccc5nc[nH]c5c4)[C@H](C3)[C@H]2C)o1. The van der Waals surface area contributed by atoms with E-state index < -0.39 is 0 Å². The third-order valence-electron chi connectivity index (χ3n) is 7.71. The molecule has 0 radical (unpaired) electrons. The van der Waals surface area contributed by atoms with E-state index in [1.54, 1.807) is 13.3 Å². The summed E-state index contributed by atoms with van der Waals surface area (Å²) in [5, 5.41) is 8.17. The van der Waals surface area contributed by atoms with Gasteiger partial charge in [-0.05, 0) is 65.6 Å². The van der Waals surface area contributed by atoms with Crippen LogP contribution in [-0.2, 0) is 11.8 Å². The Balaban J connectivity index is 1.35. The zero-order chi connectivity index (χ0) is 22.0. The molecule has 1 fully saturated rings. The van der Waals surface area contributed by atoms with Crippen molar-refractivity contribution in [2.75, 3.05) is 6.54 Å². The smallest absolute Gasteiger partial charge is 0.254 e. The summed E-state index contributed by atoms with van der Waals surface area (Å²) in [7, 11) is 0. The number of benzene rings is 2. The lowest BCUT2D eigenvalue weighted by Crippen LogP contribution is -2.59. The van der Waals surface area contributed by atoms with E-state index in [0.29, 0.717) is 23.3 Å². The van der Waals surface area contributed by atoms with Gasteiger partial charge in [-0.3, -0.25) is 4.79 Å². The van der Waals surface area contributed by atoms with Gasteiger partial charge in [0.05, 0.1) is 17.4 Å². The molecule has 162 valence electrons. The minimum atomic E-state index is -0.00651. The van der Waals surface area contributed by atoms with Crippen LogP contribution in [0.2, 0.25) is 0 Å². The Morgan fingerprint density at radius 2 is 2.09 bits per heavy atom. The highest BCUT2D eigenvalue weighted by Gasteiger charge is 2.49. The summed E-state index contributed by atoms with van der Waals surface area (Å²) >= 11 is 0. The van der Waals surface area contributed by atoms with Crippen LogP contribution in [0.5, 0.6) is 0 Å². The zero-order valence-electron chi connectivity index (χ0n) is 18.4. The molecule has 3 atom stereocenters. The van der Waals surface area contributed by atoms with Crippen LogP contribution in [0.15, 0.2) is 47.1 Å². The lowest BCUT2D eigenvalue weighted by atomic mass is 9.58. The normalized spacial score (nSPS) is 24.5. The minimum absolute atomic E-state index is 0.00651. The van der Waals surface area contributed by atoms with Gasteiger partial charge in [0.2, 0.25) is 11.8 Å².